The van der Waals surface area contributed by atoms with Gasteiger partial charge in [0.1, 0.15) is 0 Å². The summed E-state index contributed by atoms with van der Waals surface area (Å²) in [4.78, 5) is 0. The van der Waals surface area contributed by atoms with Crippen LogP contribution in [0.5, 0.6) is 0 Å². The summed E-state index contributed by atoms with van der Waals surface area (Å²) in [5.74, 6) is 0. The van der Waals surface area contributed by atoms with Crippen LogP contribution in [0.2, 0.25) is 0 Å². The number of aliphatic hydroxyl groups excluding tert-OH is 3. The number of rotatable bonds is 4. The molecule has 0 aromatic rings. The maximum absolute atomic E-state index is 8.70. The monoisotopic (exact) mass is 150 g/mol. The third-order valence-corrected chi connectivity index (χ3v) is 1.88. The summed E-state index contributed by atoms with van der Waals surface area (Å²) in [6, 6.07) is 0. The van der Waals surface area contributed by atoms with Gasteiger partial charge < -0.3 is 20.4 Å². The van der Waals surface area contributed by atoms with Gasteiger partial charge >= 0.3 is 0 Å². The van der Waals surface area contributed by atoms with E-state index >= 15 is 0 Å². The van der Waals surface area contributed by atoms with E-state index in [0.717, 1.165) is 0 Å². The lowest BCUT2D eigenvalue weighted by molar-refractivity contribution is -0.169. The van der Waals surface area contributed by atoms with Crippen LogP contribution in [0.15, 0.2) is 0 Å². The van der Waals surface area contributed by atoms with Crippen molar-refractivity contribution in [2.24, 2.45) is 5.41 Å². The van der Waals surface area contributed by atoms with Gasteiger partial charge in [0.15, 0.2) is 6.29 Å². The predicted molar refractivity (Wildman–Crippen MR) is 35.1 cm³/mol. The molecule has 0 aromatic heterocycles. The SMILES string of the molecule is CCC(CO)(CO)C(O)O. The van der Waals surface area contributed by atoms with Gasteiger partial charge in [-0.25, -0.2) is 0 Å². The van der Waals surface area contributed by atoms with E-state index in [1.54, 1.807) is 6.92 Å². The first-order valence-electron chi connectivity index (χ1n) is 3.21. The highest BCUT2D eigenvalue weighted by Crippen LogP contribution is 2.23. The molecule has 0 bridgehead atoms. The average molecular weight is 150 g/mol. The third kappa shape index (κ3) is 1.67. The maximum atomic E-state index is 8.70. The van der Waals surface area contributed by atoms with E-state index < -0.39 is 24.9 Å². The van der Waals surface area contributed by atoms with Gasteiger partial charge in [-0.15, -0.1) is 0 Å². The Labute approximate surface area is 59.7 Å². The summed E-state index contributed by atoms with van der Waals surface area (Å²) in [5.41, 5.74) is -1.15. The Morgan fingerprint density at radius 2 is 1.60 bits per heavy atom. The van der Waals surface area contributed by atoms with Crippen molar-refractivity contribution in [3.05, 3.63) is 0 Å². The van der Waals surface area contributed by atoms with Crippen molar-refractivity contribution in [3.63, 3.8) is 0 Å². The zero-order chi connectivity index (χ0) is 8.20. The normalized spacial score (nSPS) is 12.6. The molecule has 0 aliphatic carbocycles. The summed E-state index contributed by atoms with van der Waals surface area (Å²) >= 11 is 0. The third-order valence-electron chi connectivity index (χ3n) is 1.88. The molecule has 62 valence electrons. The maximum Gasteiger partial charge on any atom is 0.161 e. The van der Waals surface area contributed by atoms with E-state index in [1.165, 1.54) is 0 Å². The first-order valence-corrected chi connectivity index (χ1v) is 3.21. The van der Waals surface area contributed by atoms with Gasteiger partial charge in [0, 0.05) is 0 Å². The van der Waals surface area contributed by atoms with E-state index in [0.29, 0.717) is 6.42 Å². The van der Waals surface area contributed by atoms with Crippen LogP contribution in [0.25, 0.3) is 0 Å². The Hall–Kier alpha value is -0.160. The molecule has 0 radical (unpaired) electrons. The highest BCUT2D eigenvalue weighted by atomic mass is 16.5. The fourth-order valence-corrected chi connectivity index (χ4v) is 0.619. The zero-order valence-corrected chi connectivity index (χ0v) is 5.99. The molecule has 0 amide bonds. The molecular weight excluding hydrogens is 136 g/mol. The van der Waals surface area contributed by atoms with Crippen LogP contribution in [-0.4, -0.2) is 39.9 Å². The fourth-order valence-electron chi connectivity index (χ4n) is 0.619. The first kappa shape index (κ1) is 9.84. The lowest BCUT2D eigenvalue weighted by atomic mass is 9.86. The largest absolute Gasteiger partial charge is 0.396 e. The highest BCUT2D eigenvalue weighted by Gasteiger charge is 2.33. The Kier molecular flexibility index (Phi) is 3.81. The Morgan fingerprint density at radius 1 is 1.20 bits per heavy atom. The molecule has 0 fully saturated rings. The lowest BCUT2D eigenvalue weighted by Crippen LogP contribution is -2.41. The summed E-state index contributed by atoms with van der Waals surface area (Å²) in [7, 11) is 0. The standard InChI is InChI=1S/C6H14O4/c1-2-6(3-7,4-8)5(9)10/h5,7-10H,2-4H2,1H3. The topological polar surface area (TPSA) is 80.9 Å². The molecule has 0 aromatic carbocycles. The highest BCUT2D eigenvalue weighted by molar-refractivity contribution is 4.77. The molecule has 0 unspecified atom stereocenters. The molecule has 0 rings (SSSR count). The number of hydrogen-bond acceptors (Lipinski definition) is 4. The number of hydrogen-bond donors (Lipinski definition) is 4. The van der Waals surface area contributed by atoms with Crippen LogP contribution in [-0.2, 0) is 0 Å². The van der Waals surface area contributed by atoms with Gasteiger partial charge in [-0.05, 0) is 6.42 Å². The Balaban J connectivity index is 4.15. The minimum atomic E-state index is -1.66. The van der Waals surface area contributed by atoms with E-state index in [1.807, 2.05) is 0 Å². The molecule has 10 heavy (non-hydrogen) atoms. The van der Waals surface area contributed by atoms with Crippen LogP contribution in [0, 0.1) is 5.41 Å². The van der Waals surface area contributed by atoms with Gasteiger partial charge in [-0.1, -0.05) is 6.92 Å². The van der Waals surface area contributed by atoms with E-state index in [9.17, 15) is 0 Å². The van der Waals surface area contributed by atoms with Crippen LogP contribution >= 0.6 is 0 Å². The molecule has 0 aliphatic heterocycles. The van der Waals surface area contributed by atoms with E-state index in [-0.39, 0.29) is 0 Å². The molecule has 4 nitrogen and oxygen atoms in total. The van der Waals surface area contributed by atoms with Crippen molar-refractivity contribution in [2.75, 3.05) is 13.2 Å². The molecule has 0 aliphatic rings. The molecule has 0 spiro atoms. The predicted octanol–water partition coefficient (Wildman–Crippen LogP) is -1.32. The summed E-state index contributed by atoms with van der Waals surface area (Å²) in [6.45, 7) is 0.835. The summed E-state index contributed by atoms with van der Waals surface area (Å²) in [5, 5.41) is 34.7. The van der Waals surface area contributed by atoms with E-state index in [4.69, 9.17) is 20.4 Å². The fraction of sp³-hybridized carbons (Fsp3) is 1.00. The summed E-state index contributed by atoms with van der Waals surface area (Å²) < 4.78 is 0. The average Bonchev–Trinajstić information content (AvgIpc) is 1.92. The zero-order valence-electron chi connectivity index (χ0n) is 5.99. The van der Waals surface area contributed by atoms with Crippen LogP contribution in [0.4, 0.5) is 0 Å². The molecule has 4 N–H and O–H groups in total. The number of aliphatic hydroxyl groups is 4. The van der Waals surface area contributed by atoms with Gasteiger partial charge in [-0.2, -0.15) is 0 Å². The summed E-state index contributed by atoms with van der Waals surface area (Å²) in [6.07, 6.45) is -1.33. The minimum Gasteiger partial charge on any atom is -0.396 e. The second-order valence-electron chi connectivity index (χ2n) is 2.41. The molecule has 0 heterocycles. The van der Waals surface area contributed by atoms with Crippen LogP contribution < -0.4 is 0 Å². The Morgan fingerprint density at radius 3 is 1.60 bits per heavy atom. The van der Waals surface area contributed by atoms with Gasteiger partial charge in [0.25, 0.3) is 0 Å². The molecule has 0 saturated heterocycles. The van der Waals surface area contributed by atoms with Crippen LogP contribution in [0.1, 0.15) is 13.3 Å². The molecular formula is C6H14O4. The molecule has 0 saturated carbocycles. The second kappa shape index (κ2) is 3.88. The quantitative estimate of drug-likeness (QED) is 0.375. The lowest BCUT2D eigenvalue weighted by Gasteiger charge is -2.29. The minimum absolute atomic E-state index is 0.331. The Bertz CT molecular complexity index is 79.5. The van der Waals surface area contributed by atoms with Crippen molar-refractivity contribution >= 4 is 0 Å². The smallest absolute Gasteiger partial charge is 0.161 e. The van der Waals surface area contributed by atoms with Gasteiger partial charge in [-0.3, -0.25) is 0 Å². The van der Waals surface area contributed by atoms with Crippen molar-refractivity contribution in [3.8, 4) is 0 Å². The van der Waals surface area contributed by atoms with Gasteiger partial charge in [0.05, 0.1) is 18.6 Å². The van der Waals surface area contributed by atoms with Crippen molar-refractivity contribution in [1.82, 2.24) is 0 Å². The van der Waals surface area contributed by atoms with E-state index in [2.05, 4.69) is 0 Å². The molecule has 4 heteroatoms. The van der Waals surface area contributed by atoms with Gasteiger partial charge in [0.2, 0.25) is 0 Å². The van der Waals surface area contributed by atoms with Crippen LogP contribution in [0.3, 0.4) is 0 Å². The van der Waals surface area contributed by atoms with Crippen molar-refractivity contribution in [1.29, 1.82) is 0 Å². The van der Waals surface area contributed by atoms with Crippen molar-refractivity contribution in [2.45, 2.75) is 19.6 Å². The second-order valence-corrected chi connectivity index (χ2v) is 2.41. The van der Waals surface area contributed by atoms with Crippen molar-refractivity contribution < 1.29 is 20.4 Å². The molecule has 0 atom stereocenters. The first-order chi connectivity index (χ1) is 4.63.